The first kappa shape index (κ1) is 14.3. The molecular weight excluding hydrogens is 232 g/mol. The second-order valence-electron chi connectivity index (χ2n) is 4.70. The molecule has 0 spiro atoms. The lowest BCUT2D eigenvalue weighted by Crippen LogP contribution is -2.34. The Morgan fingerprint density at radius 2 is 1.83 bits per heavy atom. The van der Waals surface area contributed by atoms with Gasteiger partial charge in [-0.2, -0.15) is 0 Å². The maximum Gasteiger partial charge on any atom is 0.251 e. The summed E-state index contributed by atoms with van der Waals surface area (Å²) in [6, 6.07) is 3.87. The summed E-state index contributed by atoms with van der Waals surface area (Å²) in [5.74, 6) is -0.547. The number of hydrogen-bond acceptors (Lipinski definition) is 4. The number of hydrogen-bond donors (Lipinski definition) is 3. The van der Waals surface area contributed by atoms with Crippen molar-refractivity contribution in [1.82, 2.24) is 10.2 Å². The third kappa shape index (κ3) is 4.63. The molecule has 0 aromatic heterocycles. The van der Waals surface area contributed by atoms with Crippen LogP contribution in [-0.4, -0.2) is 47.7 Å². The Hall–Kier alpha value is -1.75. The number of phenolic OH excluding ortho intramolecular Hbond substituents is 2. The summed E-state index contributed by atoms with van der Waals surface area (Å²) in [7, 11) is 3.95. The highest BCUT2D eigenvalue weighted by molar-refractivity contribution is 5.95. The zero-order valence-corrected chi connectivity index (χ0v) is 11.0. The number of benzene rings is 1. The maximum absolute atomic E-state index is 11.9. The Kier molecular flexibility index (Phi) is 4.97. The van der Waals surface area contributed by atoms with Crippen molar-refractivity contribution in [2.75, 3.05) is 20.6 Å². The Labute approximate surface area is 107 Å². The van der Waals surface area contributed by atoms with E-state index in [0.29, 0.717) is 0 Å². The lowest BCUT2D eigenvalue weighted by molar-refractivity contribution is 0.0936. The SMILES string of the molecule is CC(CCN(C)C)NC(=O)c1cc(O)cc(O)c1. The average Bonchev–Trinajstić information content (AvgIpc) is 2.25. The van der Waals surface area contributed by atoms with Gasteiger partial charge in [0.1, 0.15) is 11.5 Å². The Morgan fingerprint density at radius 3 is 2.33 bits per heavy atom. The monoisotopic (exact) mass is 252 g/mol. The standard InChI is InChI=1S/C13H20N2O3/c1-9(4-5-15(2)3)14-13(18)10-6-11(16)8-12(17)7-10/h6-9,16-17H,4-5H2,1-3H3,(H,14,18). The molecule has 5 heteroatoms. The van der Waals surface area contributed by atoms with Crippen LogP contribution >= 0.6 is 0 Å². The molecule has 1 amide bonds. The molecule has 5 nitrogen and oxygen atoms in total. The van der Waals surface area contributed by atoms with Crippen LogP contribution in [0.3, 0.4) is 0 Å². The van der Waals surface area contributed by atoms with Gasteiger partial charge in [0.2, 0.25) is 0 Å². The number of carbonyl (C=O) groups excluding carboxylic acids is 1. The Bertz CT molecular complexity index is 398. The molecule has 0 saturated heterocycles. The van der Waals surface area contributed by atoms with Crippen LogP contribution in [0, 0.1) is 0 Å². The van der Waals surface area contributed by atoms with Crippen LogP contribution in [0.15, 0.2) is 18.2 Å². The van der Waals surface area contributed by atoms with Crippen molar-refractivity contribution in [1.29, 1.82) is 0 Å². The fourth-order valence-electron chi connectivity index (χ4n) is 1.56. The van der Waals surface area contributed by atoms with E-state index in [9.17, 15) is 15.0 Å². The van der Waals surface area contributed by atoms with Crippen molar-refractivity contribution < 1.29 is 15.0 Å². The van der Waals surface area contributed by atoms with Gasteiger partial charge in [-0.1, -0.05) is 0 Å². The first-order valence-corrected chi connectivity index (χ1v) is 5.87. The van der Waals surface area contributed by atoms with E-state index in [1.54, 1.807) is 0 Å². The summed E-state index contributed by atoms with van der Waals surface area (Å²) in [4.78, 5) is 13.9. The Balaban J connectivity index is 2.59. The van der Waals surface area contributed by atoms with Gasteiger partial charge < -0.3 is 20.4 Å². The molecule has 1 rings (SSSR count). The number of amides is 1. The normalized spacial score (nSPS) is 12.4. The molecular formula is C13H20N2O3. The highest BCUT2D eigenvalue weighted by Crippen LogP contribution is 2.20. The quantitative estimate of drug-likeness (QED) is 0.735. The first-order valence-electron chi connectivity index (χ1n) is 5.87. The molecule has 1 aromatic carbocycles. The molecule has 3 N–H and O–H groups in total. The topological polar surface area (TPSA) is 72.8 Å². The van der Waals surface area contributed by atoms with E-state index in [1.807, 2.05) is 25.9 Å². The van der Waals surface area contributed by atoms with E-state index in [1.165, 1.54) is 18.2 Å². The minimum absolute atomic E-state index is 0.0318. The van der Waals surface area contributed by atoms with Crippen molar-refractivity contribution >= 4 is 5.91 Å². The van der Waals surface area contributed by atoms with Crippen molar-refractivity contribution in [2.24, 2.45) is 0 Å². The minimum Gasteiger partial charge on any atom is -0.508 e. The zero-order valence-electron chi connectivity index (χ0n) is 11.0. The summed E-state index contributed by atoms with van der Waals surface area (Å²) in [5, 5.41) is 21.4. The number of phenols is 2. The van der Waals surface area contributed by atoms with Gasteiger partial charge in [-0.25, -0.2) is 0 Å². The van der Waals surface area contributed by atoms with Gasteiger partial charge in [-0.15, -0.1) is 0 Å². The van der Waals surface area contributed by atoms with Crippen molar-refractivity contribution in [3.05, 3.63) is 23.8 Å². The van der Waals surface area contributed by atoms with Crippen LogP contribution in [0.2, 0.25) is 0 Å². The molecule has 100 valence electrons. The van der Waals surface area contributed by atoms with Gasteiger partial charge in [-0.05, 0) is 46.1 Å². The zero-order chi connectivity index (χ0) is 13.7. The fraction of sp³-hybridized carbons (Fsp3) is 0.462. The molecule has 0 aliphatic heterocycles. The van der Waals surface area contributed by atoms with E-state index in [4.69, 9.17) is 0 Å². The summed E-state index contributed by atoms with van der Waals surface area (Å²) in [5.41, 5.74) is 0.254. The van der Waals surface area contributed by atoms with E-state index in [0.717, 1.165) is 13.0 Å². The van der Waals surface area contributed by atoms with E-state index in [-0.39, 0.29) is 29.0 Å². The smallest absolute Gasteiger partial charge is 0.251 e. The van der Waals surface area contributed by atoms with Crippen LogP contribution in [0.25, 0.3) is 0 Å². The predicted octanol–water partition coefficient (Wildman–Crippen LogP) is 1.17. The molecule has 1 unspecified atom stereocenters. The summed E-state index contributed by atoms with van der Waals surface area (Å²) in [6.45, 7) is 2.80. The number of rotatable bonds is 5. The number of carbonyl (C=O) groups is 1. The molecule has 1 aromatic rings. The fourth-order valence-corrected chi connectivity index (χ4v) is 1.56. The lowest BCUT2D eigenvalue weighted by Gasteiger charge is -2.16. The third-order valence-corrected chi connectivity index (χ3v) is 2.55. The summed E-state index contributed by atoms with van der Waals surface area (Å²) in [6.07, 6.45) is 0.837. The van der Waals surface area contributed by atoms with Crippen LogP contribution < -0.4 is 5.32 Å². The van der Waals surface area contributed by atoms with Gasteiger partial charge >= 0.3 is 0 Å². The maximum atomic E-state index is 11.9. The highest BCUT2D eigenvalue weighted by atomic mass is 16.3. The summed E-state index contributed by atoms with van der Waals surface area (Å²) >= 11 is 0. The van der Waals surface area contributed by atoms with Crippen molar-refractivity contribution in [3.8, 4) is 11.5 Å². The molecule has 0 saturated carbocycles. The van der Waals surface area contributed by atoms with E-state index >= 15 is 0 Å². The Morgan fingerprint density at radius 1 is 1.28 bits per heavy atom. The highest BCUT2D eigenvalue weighted by Gasteiger charge is 2.11. The third-order valence-electron chi connectivity index (χ3n) is 2.55. The van der Waals surface area contributed by atoms with Crippen molar-refractivity contribution in [3.63, 3.8) is 0 Å². The first-order chi connectivity index (χ1) is 8.38. The van der Waals surface area contributed by atoms with Gasteiger partial charge in [0.15, 0.2) is 0 Å². The molecule has 0 radical (unpaired) electrons. The van der Waals surface area contributed by atoms with Crippen LogP contribution in [0.1, 0.15) is 23.7 Å². The molecule has 0 aliphatic carbocycles. The van der Waals surface area contributed by atoms with Crippen LogP contribution in [0.4, 0.5) is 0 Å². The predicted molar refractivity (Wildman–Crippen MR) is 69.9 cm³/mol. The lowest BCUT2D eigenvalue weighted by atomic mass is 10.1. The summed E-state index contributed by atoms with van der Waals surface area (Å²) < 4.78 is 0. The van der Waals surface area contributed by atoms with Gasteiger partial charge in [0.05, 0.1) is 0 Å². The van der Waals surface area contributed by atoms with Gasteiger partial charge in [-0.3, -0.25) is 4.79 Å². The second-order valence-corrected chi connectivity index (χ2v) is 4.70. The molecule has 0 fully saturated rings. The van der Waals surface area contributed by atoms with Gasteiger partial charge in [0.25, 0.3) is 5.91 Å². The van der Waals surface area contributed by atoms with E-state index in [2.05, 4.69) is 5.32 Å². The molecule has 0 aliphatic rings. The minimum atomic E-state index is -0.299. The molecule has 0 bridgehead atoms. The number of nitrogens with one attached hydrogen (secondary N) is 1. The number of nitrogens with zero attached hydrogens (tertiary/aromatic N) is 1. The van der Waals surface area contributed by atoms with Gasteiger partial charge in [0, 0.05) is 17.7 Å². The van der Waals surface area contributed by atoms with Crippen LogP contribution in [0.5, 0.6) is 11.5 Å². The second kappa shape index (κ2) is 6.26. The molecule has 1 atom stereocenters. The van der Waals surface area contributed by atoms with Crippen LogP contribution in [-0.2, 0) is 0 Å². The molecule has 18 heavy (non-hydrogen) atoms. The largest absolute Gasteiger partial charge is 0.508 e. The number of aromatic hydroxyl groups is 2. The average molecular weight is 252 g/mol. The van der Waals surface area contributed by atoms with E-state index < -0.39 is 0 Å². The molecule has 0 heterocycles. The van der Waals surface area contributed by atoms with Crippen molar-refractivity contribution in [2.45, 2.75) is 19.4 Å².